The van der Waals surface area contributed by atoms with Gasteiger partial charge >= 0.3 is 6.09 Å². The van der Waals surface area contributed by atoms with E-state index in [0.717, 1.165) is 4.90 Å². The minimum Gasteiger partial charge on any atom is -0.465 e. The van der Waals surface area contributed by atoms with E-state index in [1.54, 1.807) is 26.8 Å². The van der Waals surface area contributed by atoms with E-state index in [2.05, 4.69) is 0 Å². The molecule has 21 heavy (non-hydrogen) atoms. The van der Waals surface area contributed by atoms with Crippen LogP contribution in [0.3, 0.4) is 0 Å². The standard InChI is InChI=1S/C14H23N3O4/c1-13(2,3)17(12(19)20)9-14(4,21)8-16-7-5-6-10(15)11(16)18/h5-7,21H,8-9,15H2,1-4H3,(H,19,20). The number of carboxylic acid groups (broad SMARTS) is 1. The van der Waals surface area contributed by atoms with Crippen LogP contribution in [-0.4, -0.2) is 43.5 Å². The first-order chi connectivity index (χ1) is 9.44. The first-order valence-corrected chi connectivity index (χ1v) is 6.62. The predicted octanol–water partition coefficient (Wildman–Crippen LogP) is 0.960. The quantitative estimate of drug-likeness (QED) is 0.767. The Kier molecular flexibility index (Phi) is 4.68. The van der Waals surface area contributed by atoms with Gasteiger partial charge in [-0.15, -0.1) is 0 Å². The molecule has 1 heterocycles. The summed E-state index contributed by atoms with van der Waals surface area (Å²) >= 11 is 0. The van der Waals surface area contributed by atoms with Crippen LogP contribution in [0.1, 0.15) is 27.7 Å². The Morgan fingerprint density at radius 2 is 1.95 bits per heavy atom. The Balaban J connectivity index is 2.98. The van der Waals surface area contributed by atoms with Crippen LogP contribution in [0.5, 0.6) is 0 Å². The Labute approximate surface area is 123 Å². The number of pyridine rings is 1. The van der Waals surface area contributed by atoms with Crippen LogP contribution in [0.25, 0.3) is 0 Å². The fourth-order valence-corrected chi connectivity index (χ4v) is 2.03. The van der Waals surface area contributed by atoms with Crippen LogP contribution in [0.2, 0.25) is 0 Å². The number of nitrogens with two attached hydrogens (primary N) is 1. The molecule has 0 saturated carbocycles. The van der Waals surface area contributed by atoms with Gasteiger partial charge in [-0.05, 0) is 39.8 Å². The summed E-state index contributed by atoms with van der Waals surface area (Å²) in [5.41, 5.74) is 3.16. The number of nitrogen functional groups attached to an aromatic ring is 1. The van der Waals surface area contributed by atoms with Crippen LogP contribution in [0.15, 0.2) is 23.1 Å². The highest BCUT2D eigenvalue weighted by atomic mass is 16.4. The lowest BCUT2D eigenvalue weighted by atomic mass is 10.0. The highest BCUT2D eigenvalue weighted by Crippen LogP contribution is 2.18. The van der Waals surface area contributed by atoms with Crippen LogP contribution < -0.4 is 11.3 Å². The molecule has 4 N–H and O–H groups in total. The van der Waals surface area contributed by atoms with E-state index in [1.165, 1.54) is 23.8 Å². The van der Waals surface area contributed by atoms with E-state index in [1.807, 2.05) is 0 Å². The van der Waals surface area contributed by atoms with Crippen molar-refractivity contribution in [3.63, 3.8) is 0 Å². The Bertz CT molecular complexity index is 572. The maximum absolute atomic E-state index is 11.9. The summed E-state index contributed by atoms with van der Waals surface area (Å²) in [5.74, 6) is 0. The molecule has 0 radical (unpaired) electrons. The van der Waals surface area contributed by atoms with Crippen LogP contribution in [-0.2, 0) is 6.54 Å². The molecule has 1 atom stereocenters. The van der Waals surface area contributed by atoms with E-state index in [-0.39, 0.29) is 18.8 Å². The normalized spacial score (nSPS) is 14.5. The average molecular weight is 297 g/mol. The van der Waals surface area contributed by atoms with Crippen molar-refractivity contribution < 1.29 is 15.0 Å². The number of aliphatic hydroxyl groups is 1. The van der Waals surface area contributed by atoms with Crippen molar-refractivity contribution in [2.75, 3.05) is 12.3 Å². The number of β-amino-alcohol motifs (C(OH)–C–C–N with tert-alkyl or cyclic N) is 1. The molecule has 1 aromatic rings. The van der Waals surface area contributed by atoms with Gasteiger partial charge in [0, 0.05) is 11.7 Å². The lowest BCUT2D eigenvalue weighted by Crippen LogP contribution is -2.53. The minimum absolute atomic E-state index is 0.0449. The van der Waals surface area contributed by atoms with E-state index in [9.17, 15) is 19.8 Å². The van der Waals surface area contributed by atoms with Gasteiger partial charge in [0.25, 0.3) is 5.56 Å². The summed E-state index contributed by atoms with van der Waals surface area (Å²) in [6, 6.07) is 3.08. The third-order valence-electron chi connectivity index (χ3n) is 3.10. The molecule has 0 aliphatic rings. The molecule has 0 aliphatic carbocycles. The number of nitrogens with zero attached hydrogens (tertiary/aromatic N) is 2. The number of rotatable bonds is 4. The number of amides is 1. The van der Waals surface area contributed by atoms with Crippen LogP contribution in [0.4, 0.5) is 10.5 Å². The van der Waals surface area contributed by atoms with Gasteiger partial charge < -0.3 is 25.4 Å². The van der Waals surface area contributed by atoms with E-state index in [4.69, 9.17) is 5.73 Å². The highest BCUT2D eigenvalue weighted by Gasteiger charge is 2.34. The molecule has 7 heteroatoms. The van der Waals surface area contributed by atoms with Gasteiger partial charge in [-0.3, -0.25) is 4.79 Å². The van der Waals surface area contributed by atoms with Crippen molar-refractivity contribution in [1.82, 2.24) is 9.47 Å². The van der Waals surface area contributed by atoms with Gasteiger partial charge in [0.1, 0.15) is 0 Å². The van der Waals surface area contributed by atoms with Crippen molar-refractivity contribution >= 4 is 11.8 Å². The van der Waals surface area contributed by atoms with Crippen molar-refractivity contribution in [3.05, 3.63) is 28.7 Å². The second kappa shape index (κ2) is 5.77. The molecular formula is C14H23N3O4. The molecule has 0 aromatic carbocycles. The molecule has 0 spiro atoms. The number of hydrogen-bond donors (Lipinski definition) is 3. The van der Waals surface area contributed by atoms with Crippen molar-refractivity contribution in [1.29, 1.82) is 0 Å². The fraction of sp³-hybridized carbons (Fsp3) is 0.571. The maximum atomic E-state index is 11.9. The zero-order valence-corrected chi connectivity index (χ0v) is 12.8. The SMILES string of the molecule is CC(O)(CN(C(=O)O)C(C)(C)C)Cn1cccc(N)c1=O. The van der Waals surface area contributed by atoms with Crippen molar-refractivity contribution in [2.24, 2.45) is 0 Å². The molecule has 1 aromatic heterocycles. The van der Waals surface area contributed by atoms with Gasteiger partial charge in [0.15, 0.2) is 0 Å². The first kappa shape index (κ1) is 17.0. The summed E-state index contributed by atoms with van der Waals surface area (Å²) < 4.78 is 1.28. The number of hydrogen-bond acceptors (Lipinski definition) is 4. The first-order valence-electron chi connectivity index (χ1n) is 6.62. The van der Waals surface area contributed by atoms with Crippen molar-refractivity contribution in [3.8, 4) is 0 Å². The summed E-state index contributed by atoms with van der Waals surface area (Å²) in [7, 11) is 0. The molecule has 118 valence electrons. The monoisotopic (exact) mass is 297 g/mol. The van der Waals surface area contributed by atoms with Crippen LogP contribution in [0, 0.1) is 0 Å². The number of aromatic nitrogens is 1. The Morgan fingerprint density at radius 1 is 1.38 bits per heavy atom. The zero-order valence-electron chi connectivity index (χ0n) is 12.8. The third-order valence-corrected chi connectivity index (χ3v) is 3.10. The molecule has 0 fully saturated rings. The number of carbonyl (C=O) groups is 1. The lowest BCUT2D eigenvalue weighted by Gasteiger charge is -2.38. The van der Waals surface area contributed by atoms with Gasteiger partial charge in [-0.1, -0.05) is 0 Å². The van der Waals surface area contributed by atoms with Crippen molar-refractivity contribution in [2.45, 2.75) is 45.4 Å². The largest absolute Gasteiger partial charge is 0.465 e. The predicted molar refractivity (Wildman–Crippen MR) is 80.2 cm³/mol. The topological polar surface area (TPSA) is 109 Å². The molecule has 0 bridgehead atoms. The summed E-state index contributed by atoms with van der Waals surface area (Å²) in [6.07, 6.45) is 0.387. The highest BCUT2D eigenvalue weighted by molar-refractivity contribution is 5.66. The molecule has 7 nitrogen and oxygen atoms in total. The molecule has 0 aliphatic heterocycles. The number of anilines is 1. The van der Waals surface area contributed by atoms with E-state index in [0.29, 0.717) is 0 Å². The van der Waals surface area contributed by atoms with Crippen LogP contribution >= 0.6 is 0 Å². The Morgan fingerprint density at radius 3 is 2.43 bits per heavy atom. The summed E-state index contributed by atoms with van der Waals surface area (Å²) in [5, 5.41) is 19.7. The molecule has 1 unspecified atom stereocenters. The van der Waals surface area contributed by atoms with E-state index >= 15 is 0 Å². The maximum Gasteiger partial charge on any atom is 0.407 e. The second-order valence-corrected chi connectivity index (χ2v) is 6.43. The second-order valence-electron chi connectivity index (χ2n) is 6.43. The van der Waals surface area contributed by atoms with E-state index < -0.39 is 22.8 Å². The lowest BCUT2D eigenvalue weighted by molar-refractivity contribution is -0.0146. The molecule has 1 rings (SSSR count). The molecular weight excluding hydrogens is 274 g/mol. The third kappa shape index (κ3) is 4.49. The summed E-state index contributed by atoms with van der Waals surface area (Å²) in [6.45, 7) is 6.55. The average Bonchev–Trinajstić information content (AvgIpc) is 2.30. The fourth-order valence-electron chi connectivity index (χ4n) is 2.03. The molecule has 0 saturated heterocycles. The van der Waals surface area contributed by atoms with Gasteiger partial charge in [0.05, 0.1) is 24.4 Å². The van der Waals surface area contributed by atoms with Gasteiger partial charge in [-0.2, -0.15) is 0 Å². The summed E-state index contributed by atoms with van der Waals surface area (Å²) in [4.78, 5) is 24.3. The van der Waals surface area contributed by atoms with Gasteiger partial charge in [-0.25, -0.2) is 4.79 Å². The Hall–Kier alpha value is -2.02. The minimum atomic E-state index is -1.40. The van der Waals surface area contributed by atoms with Gasteiger partial charge in [0.2, 0.25) is 0 Å². The zero-order chi connectivity index (χ0) is 16.4. The molecule has 1 amide bonds. The smallest absolute Gasteiger partial charge is 0.407 e.